The zero-order valence-electron chi connectivity index (χ0n) is 21.0. The Morgan fingerprint density at radius 1 is 1.17 bits per heavy atom. The molecule has 8 heteroatoms. The van der Waals surface area contributed by atoms with E-state index in [-0.39, 0.29) is 11.7 Å². The molecule has 0 spiro atoms. The fraction of sp³-hybridized carbons (Fsp3) is 0.407. The van der Waals surface area contributed by atoms with E-state index in [1.54, 1.807) is 38.4 Å². The summed E-state index contributed by atoms with van der Waals surface area (Å²) in [5.74, 6) is 0.227. The molecule has 3 aromatic rings. The number of nitrogens with one attached hydrogen (secondary N) is 1. The highest BCUT2D eigenvalue weighted by atomic mass is 19.1. The lowest BCUT2D eigenvalue weighted by Crippen LogP contribution is -2.47. The molecule has 1 N–H and O–H groups in total. The Balaban J connectivity index is 1.36. The summed E-state index contributed by atoms with van der Waals surface area (Å²) in [4.78, 5) is 23.6. The first-order chi connectivity index (χ1) is 16.9. The first-order valence-corrected chi connectivity index (χ1v) is 12.0. The van der Waals surface area contributed by atoms with Gasteiger partial charge in [0.2, 0.25) is 0 Å². The van der Waals surface area contributed by atoms with E-state index in [9.17, 15) is 9.18 Å². The van der Waals surface area contributed by atoms with Crippen molar-refractivity contribution < 1.29 is 13.9 Å². The molecule has 35 heavy (non-hydrogen) atoms. The van der Waals surface area contributed by atoms with Crippen molar-refractivity contribution in [3.63, 3.8) is 0 Å². The van der Waals surface area contributed by atoms with Crippen LogP contribution in [-0.4, -0.2) is 81.2 Å². The summed E-state index contributed by atoms with van der Waals surface area (Å²) in [6.07, 6.45) is 2.63. The quantitative estimate of drug-likeness (QED) is 0.493. The first-order valence-electron chi connectivity index (χ1n) is 12.0. The van der Waals surface area contributed by atoms with Crippen LogP contribution in [0.5, 0.6) is 5.75 Å². The van der Waals surface area contributed by atoms with Crippen LogP contribution in [0.15, 0.2) is 42.6 Å². The molecule has 7 nitrogen and oxygen atoms in total. The van der Waals surface area contributed by atoms with Crippen LogP contribution >= 0.6 is 0 Å². The van der Waals surface area contributed by atoms with Crippen LogP contribution in [0.1, 0.15) is 22.3 Å². The molecule has 1 amide bonds. The number of para-hydroxylation sites is 1. The van der Waals surface area contributed by atoms with Crippen molar-refractivity contribution in [1.29, 1.82) is 0 Å². The zero-order chi connectivity index (χ0) is 24.9. The summed E-state index contributed by atoms with van der Waals surface area (Å²) in [7, 11) is 5.09. The highest BCUT2D eigenvalue weighted by Crippen LogP contribution is 2.30. The molecule has 1 saturated heterocycles. The zero-order valence-corrected chi connectivity index (χ0v) is 21.0. The maximum Gasteiger partial charge on any atom is 0.257 e. The number of halogens is 1. The number of carbonyl (C=O) groups excluding carboxylic acids is 1. The largest absolute Gasteiger partial charge is 0.494 e. The van der Waals surface area contributed by atoms with E-state index in [1.165, 1.54) is 12.1 Å². The number of ether oxygens (including phenoxy) is 1. The molecule has 0 aliphatic carbocycles. The van der Waals surface area contributed by atoms with Crippen molar-refractivity contribution >= 4 is 28.2 Å². The van der Waals surface area contributed by atoms with Crippen LogP contribution < -0.4 is 15.0 Å². The molecule has 1 fully saturated rings. The van der Waals surface area contributed by atoms with E-state index in [0.717, 1.165) is 73.5 Å². The number of methoxy groups -OCH3 is 1. The summed E-state index contributed by atoms with van der Waals surface area (Å²) in [6, 6.07) is 10.8. The molecule has 186 valence electrons. The Kier molecular flexibility index (Phi) is 7.70. The second-order valence-electron chi connectivity index (χ2n) is 9.14. The second kappa shape index (κ2) is 10.9. The molecule has 1 aliphatic rings. The number of pyridine rings is 1. The maximum absolute atomic E-state index is 13.5. The van der Waals surface area contributed by atoms with Gasteiger partial charge in [-0.1, -0.05) is 18.2 Å². The third kappa shape index (κ3) is 5.48. The number of carbonyl (C=O) groups is 1. The predicted molar refractivity (Wildman–Crippen MR) is 139 cm³/mol. The lowest BCUT2D eigenvalue weighted by Gasteiger charge is -2.36. The normalized spacial score (nSPS) is 14.3. The van der Waals surface area contributed by atoms with Gasteiger partial charge in [0.25, 0.3) is 5.91 Å². The standard InChI is InChI=1S/C27H34FN5O2/c1-19-7-5-8-21-25(19)30-18-22(27(34)31(2)3)26(21)29-11-6-12-32-13-15-33(16-14-32)23-10-9-20(28)17-24(23)35-4/h5,7-10,17-18H,6,11-16H2,1-4H3,(H,29,30). The Hall–Kier alpha value is -3.39. The monoisotopic (exact) mass is 479 g/mol. The predicted octanol–water partition coefficient (Wildman–Crippen LogP) is 4.02. The highest BCUT2D eigenvalue weighted by molar-refractivity contribution is 6.07. The summed E-state index contributed by atoms with van der Waals surface area (Å²) in [5.41, 5.74) is 4.39. The Labute approximate surface area is 206 Å². The van der Waals surface area contributed by atoms with Crippen molar-refractivity contribution in [2.24, 2.45) is 0 Å². The summed E-state index contributed by atoms with van der Waals surface area (Å²) in [6.45, 7) is 7.35. The van der Waals surface area contributed by atoms with Gasteiger partial charge < -0.3 is 19.9 Å². The minimum atomic E-state index is -0.288. The lowest BCUT2D eigenvalue weighted by atomic mass is 10.1. The van der Waals surface area contributed by atoms with Crippen molar-refractivity contribution in [2.75, 3.05) is 70.7 Å². The summed E-state index contributed by atoms with van der Waals surface area (Å²) in [5, 5.41) is 4.51. The van der Waals surface area contributed by atoms with Gasteiger partial charge in [0, 0.05) is 64.5 Å². The Morgan fingerprint density at radius 3 is 2.66 bits per heavy atom. The molecule has 2 aromatic carbocycles. The minimum absolute atomic E-state index is 0.0595. The van der Waals surface area contributed by atoms with Crippen molar-refractivity contribution in [2.45, 2.75) is 13.3 Å². The van der Waals surface area contributed by atoms with Crippen LogP contribution in [0.25, 0.3) is 10.9 Å². The molecule has 0 radical (unpaired) electrons. The van der Waals surface area contributed by atoms with Gasteiger partial charge in [-0.3, -0.25) is 14.7 Å². The molecule has 1 aromatic heterocycles. The number of fused-ring (bicyclic) bond motifs is 1. The van der Waals surface area contributed by atoms with Gasteiger partial charge >= 0.3 is 0 Å². The fourth-order valence-corrected chi connectivity index (χ4v) is 4.61. The van der Waals surface area contributed by atoms with Crippen molar-refractivity contribution in [1.82, 2.24) is 14.8 Å². The first kappa shape index (κ1) is 24.7. The number of aromatic nitrogens is 1. The van der Waals surface area contributed by atoms with Gasteiger partial charge in [-0.15, -0.1) is 0 Å². The smallest absolute Gasteiger partial charge is 0.257 e. The molecule has 0 saturated carbocycles. The van der Waals surface area contributed by atoms with Crippen LogP contribution in [0, 0.1) is 12.7 Å². The van der Waals surface area contributed by atoms with Gasteiger partial charge in [-0.05, 0) is 37.6 Å². The van der Waals surface area contributed by atoms with Gasteiger partial charge in [0.1, 0.15) is 11.6 Å². The van der Waals surface area contributed by atoms with E-state index in [4.69, 9.17) is 4.74 Å². The number of hydrogen-bond donors (Lipinski definition) is 1. The summed E-state index contributed by atoms with van der Waals surface area (Å²) >= 11 is 0. The second-order valence-corrected chi connectivity index (χ2v) is 9.14. The van der Waals surface area contributed by atoms with Gasteiger partial charge in [-0.25, -0.2) is 4.39 Å². The van der Waals surface area contributed by atoms with E-state index in [1.807, 2.05) is 25.1 Å². The van der Waals surface area contributed by atoms with E-state index in [2.05, 4.69) is 20.1 Å². The Morgan fingerprint density at radius 2 is 1.94 bits per heavy atom. The average molecular weight is 480 g/mol. The molecule has 1 aliphatic heterocycles. The van der Waals surface area contributed by atoms with E-state index in [0.29, 0.717) is 11.3 Å². The lowest BCUT2D eigenvalue weighted by molar-refractivity contribution is 0.0828. The van der Waals surface area contributed by atoms with Crippen LogP contribution in [0.3, 0.4) is 0 Å². The number of amides is 1. The highest BCUT2D eigenvalue weighted by Gasteiger charge is 2.21. The number of hydrogen-bond acceptors (Lipinski definition) is 6. The number of piperazine rings is 1. The molecular formula is C27H34FN5O2. The van der Waals surface area contributed by atoms with Gasteiger partial charge in [0.15, 0.2) is 0 Å². The van der Waals surface area contributed by atoms with E-state index < -0.39 is 0 Å². The van der Waals surface area contributed by atoms with Gasteiger partial charge in [-0.2, -0.15) is 0 Å². The van der Waals surface area contributed by atoms with Crippen molar-refractivity contribution in [3.8, 4) is 5.75 Å². The number of aryl methyl sites for hydroxylation is 1. The Bertz CT molecular complexity index is 1190. The third-order valence-electron chi connectivity index (χ3n) is 6.54. The number of rotatable bonds is 8. The molecule has 4 rings (SSSR count). The summed E-state index contributed by atoms with van der Waals surface area (Å²) < 4.78 is 18.9. The minimum Gasteiger partial charge on any atom is -0.494 e. The number of nitrogens with zero attached hydrogens (tertiary/aromatic N) is 4. The molecular weight excluding hydrogens is 445 g/mol. The van der Waals surface area contributed by atoms with Crippen LogP contribution in [0.4, 0.5) is 15.8 Å². The van der Waals surface area contributed by atoms with Gasteiger partial charge in [0.05, 0.1) is 29.6 Å². The van der Waals surface area contributed by atoms with E-state index >= 15 is 0 Å². The van der Waals surface area contributed by atoms with Crippen LogP contribution in [-0.2, 0) is 0 Å². The fourth-order valence-electron chi connectivity index (χ4n) is 4.61. The van der Waals surface area contributed by atoms with Crippen molar-refractivity contribution in [3.05, 3.63) is 59.5 Å². The molecule has 0 unspecified atom stereocenters. The average Bonchev–Trinajstić information content (AvgIpc) is 2.86. The molecule has 0 atom stereocenters. The molecule has 2 heterocycles. The van der Waals surface area contributed by atoms with Crippen LogP contribution in [0.2, 0.25) is 0 Å². The number of benzene rings is 2. The SMILES string of the molecule is COc1cc(F)ccc1N1CCN(CCCNc2c(C(=O)N(C)C)cnc3c(C)cccc23)CC1. The number of anilines is 2. The topological polar surface area (TPSA) is 60.9 Å². The molecule has 0 bridgehead atoms. The third-order valence-corrected chi connectivity index (χ3v) is 6.54. The maximum atomic E-state index is 13.5.